The second-order valence-corrected chi connectivity index (χ2v) is 5.98. The summed E-state index contributed by atoms with van der Waals surface area (Å²) in [6, 6.07) is 9.74. The maximum absolute atomic E-state index is 12.3. The van der Waals surface area contributed by atoms with Crippen LogP contribution in [0, 0.1) is 11.8 Å². The molecular formula is C18H19N3O4. The average molecular weight is 341 g/mol. The van der Waals surface area contributed by atoms with Crippen LogP contribution in [0.4, 0.5) is 5.82 Å². The molecule has 7 nitrogen and oxygen atoms in total. The molecule has 3 atom stereocenters. The Bertz CT molecular complexity index is 847. The molecule has 0 radical (unpaired) electrons. The third-order valence-corrected chi connectivity index (χ3v) is 4.59. The topological polar surface area (TPSA) is 104 Å². The normalized spacial score (nSPS) is 22.3. The Labute approximate surface area is 144 Å². The third kappa shape index (κ3) is 3.11. The molecule has 1 aliphatic carbocycles. The van der Waals surface area contributed by atoms with Crippen LogP contribution in [0.15, 0.2) is 59.5 Å². The lowest BCUT2D eigenvalue weighted by molar-refractivity contribution is 0.0505. The van der Waals surface area contributed by atoms with Crippen molar-refractivity contribution in [2.24, 2.45) is 11.8 Å². The zero-order valence-electron chi connectivity index (χ0n) is 13.5. The number of aliphatic hydroxyl groups excluding tert-OH is 2. The fourth-order valence-corrected chi connectivity index (χ4v) is 3.21. The largest absolute Gasteiger partial charge is 0.396 e. The number of rotatable bonds is 5. The summed E-state index contributed by atoms with van der Waals surface area (Å²) in [6.07, 6.45) is 1.52. The van der Waals surface area contributed by atoms with E-state index in [1.807, 2.05) is 0 Å². The molecule has 25 heavy (non-hydrogen) atoms. The second kappa shape index (κ2) is 7.00. The van der Waals surface area contributed by atoms with Crippen LogP contribution in [0.3, 0.4) is 0 Å². The maximum atomic E-state index is 12.3. The number of aliphatic hydroxyl groups is 2. The Hall–Kier alpha value is -2.77. The number of amides is 1. The Morgan fingerprint density at radius 1 is 1.20 bits per heavy atom. The monoisotopic (exact) mass is 341 g/mol. The van der Waals surface area contributed by atoms with Gasteiger partial charge in [-0.25, -0.2) is 4.79 Å². The highest BCUT2D eigenvalue weighted by Gasteiger charge is 2.45. The lowest BCUT2D eigenvalue weighted by Crippen LogP contribution is -2.48. The van der Waals surface area contributed by atoms with Crippen LogP contribution in [-0.2, 0) is 0 Å². The van der Waals surface area contributed by atoms with Crippen molar-refractivity contribution in [3.05, 3.63) is 70.8 Å². The molecular weight excluding hydrogens is 322 g/mol. The Balaban J connectivity index is 1.79. The molecule has 0 bridgehead atoms. The minimum absolute atomic E-state index is 0.117. The van der Waals surface area contributed by atoms with Gasteiger partial charge in [-0.2, -0.15) is 4.98 Å². The quantitative estimate of drug-likeness (QED) is 0.699. The molecule has 3 N–H and O–H groups in total. The minimum Gasteiger partial charge on any atom is -0.396 e. The summed E-state index contributed by atoms with van der Waals surface area (Å²) >= 11 is 0. The summed E-state index contributed by atoms with van der Waals surface area (Å²) in [5.74, 6) is -0.702. The van der Waals surface area contributed by atoms with Gasteiger partial charge in [0.05, 0.1) is 12.6 Å². The Kier molecular flexibility index (Phi) is 4.78. The molecule has 1 aromatic carbocycles. The zero-order valence-corrected chi connectivity index (χ0v) is 13.5. The highest BCUT2D eigenvalue weighted by Crippen LogP contribution is 2.46. The van der Waals surface area contributed by atoms with Gasteiger partial charge in [0.1, 0.15) is 5.82 Å². The molecule has 130 valence electrons. The van der Waals surface area contributed by atoms with Crippen molar-refractivity contribution < 1.29 is 15.0 Å². The number of anilines is 1. The summed E-state index contributed by atoms with van der Waals surface area (Å²) in [5, 5.41) is 21.4. The van der Waals surface area contributed by atoms with Crippen molar-refractivity contribution in [3.8, 4) is 0 Å². The van der Waals surface area contributed by atoms with Gasteiger partial charge in [0, 0.05) is 30.2 Å². The van der Waals surface area contributed by atoms with Crippen molar-refractivity contribution >= 4 is 11.7 Å². The summed E-state index contributed by atoms with van der Waals surface area (Å²) in [4.78, 5) is 28.3. The van der Waals surface area contributed by atoms with E-state index in [0.717, 1.165) is 0 Å². The number of benzene rings is 1. The third-order valence-electron chi connectivity index (χ3n) is 4.59. The fraction of sp³-hybridized carbons (Fsp3) is 0.278. The molecule has 1 aromatic heterocycles. The van der Waals surface area contributed by atoms with Crippen LogP contribution >= 0.6 is 0 Å². The second-order valence-electron chi connectivity index (χ2n) is 5.98. The number of nitrogens with one attached hydrogen (secondary N) is 1. The first-order chi connectivity index (χ1) is 12.1. The van der Waals surface area contributed by atoms with E-state index in [-0.39, 0.29) is 36.8 Å². The molecule has 0 spiro atoms. The van der Waals surface area contributed by atoms with E-state index in [0.29, 0.717) is 11.1 Å². The Morgan fingerprint density at radius 2 is 1.92 bits per heavy atom. The molecule has 1 saturated carbocycles. The highest BCUT2D eigenvalue weighted by atomic mass is 16.3. The van der Waals surface area contributed by atoms with Gasteiger partial charge in [0.2, 0.25) is 0 Å². The molecule has 0 saturated heterocycles. The van der Waals surface area contributed by atoms with Gasteiger partial charge in [-0.3, -0.25) is 9.36 Å². The van der Waals surface area contributed by atoms with E-state index in [4.69, 9.17) is 0 Å². The van der Waals surface area contributed by atoms with Gasteiger partial charge in [-0.1, -0.05) is 24.8 Å². The van der Waals surface area contributed by atoms with Crippen molar-refractivity contribution in [3.63, 3.8) is 0 Å². The number of carbonyl (C=O) groups is 1. The van der Waals surface area contributed by atoms with Crippen molar-refractivity contribution in [2.45, 2.75) is 6.04 Å². The first kappa shape index (κ1) is 17.1. The van der Waals surface area contributed by atoms with Gasteiger partial charge in [-0.15, -0.1) is 0 Å². The van der Waals surface area contributed by atoms with Crippen LogP contribution in [0.5, 0.6) is 0 Å². The minimum atomic E-state index is -0.549. The molecule has 2 aromatic rings. The lowest BCUT2D eigenvalue weighted by Gasteiger charge is -2.46. The predicted molar refractivity (Wildman–Crippen MR) is 92.2 cm³/mol. The van der Waals surface area contributed by atoms with Crippen LogP contribution in [-0.4, -0.2) is 38.9 Å². The van der Waals surface area contributed by atoms with Crippen molar-refractivity contribution in [2.75, 3.05) is 18.5 Å². The van der Waals surface area contributed by atoms with Crippen molar-refractivity contribution in [1.29, 1.82) is 0 Å². The van der Waals surface area contributed by atoms with E-state index in [2.05, 4.69) is 16.9 Å². The van der Waals surface area contributed by atoms with Crippen LogP contribution < -0.4 is 11.0 Å². The van der Waals surface area contributed by atoms with E-state index in [1.54, 1.807) is 30.3 Å². The molecule has 0 unspecified atom stereocenters. The average Bonchev–Trinajstić information content (AvgIpc) is 2.62. The van der Waals surface area contributed by atoms with Gasteiger partial charge >= 0.3 is 5.69 Å². The molecule has 7 heteroatoms. The number of hydrogen-bond donors (Lipinski definition) is 3. The maximum Gasteiger partial charge on any atom is 0.350 e. The van der Waals surface area contributed by atoms with E-state index < -0.39 is 11.7 Å². The molecule has 3 rings (SSSR count). The van der Waals surface area contributed by atoms with Gasteiger partial charge in [0.15, 0.2) is 0 Å². The summed E-state index contributed by atoms with van der Waals surface area (Å²) in [7, 11) is 0. The number of aromatic nitrogens is 2. The van der Waals surface area contributed by atoms with Crippen LogP contribution in [0.2, 0.25) is 0 Å². The molecule has 1 aliphatic rings. The van der Waals surface area contributed by atoms with E-state index >= 15 is 0 Å². The van der Waals surface area contributed by atoms with Gasteiger partial charge in [-0.05, 0) is 23.8 Å². The van der Waals surface area contributed by atoms with E-state index in [1.165, 1.54) is 16.8 Å². The summed E-state index contributed by atoms with van der Waals surface area (Å²) in [6.45, 7) is 3.62. The SMILES string of the molecule is C=C1[C@@H](n2ccc(NC(=O)c3ccccc3)nc2=O)[C@H](CO)[C@H]1CO. The summed E-state index contributed by atoms with van der Waals surface area (Å²) < 4.78 is 1.37. The number of carbonyl (C=O) groups excluding carboxylic acids is 1. The first-order valence-corrected chi connectivity index (χ1v) is 7.92. The van der Waals surface area contributed by atoms with Crippen LogP contribution in [0.1, 0.15) is 16.4 Å². The smallest absolute Gasteiger partial charge is 0.350 e. The molecule has 1 heterocycles. The molecule has 1 amide bonds. The molecule has 0 aliphatic heterocycles. The fourth-order valence-electron chi connectivity index (χ4n) is 3.21. The predicted octanol–water partition coefficient (Wildman–Crippen LogP) is 0.823. The van der Waals surface area contributed by atoms with E-state index in [9.17, 15) is 19.8 Å². The van der Waals surface area contributed by atoms with Crippen molar-refractivity contribution in [1.82, 2.24) is 9.55 Å². The standard InChI is InChI=1S/C18H19N3O4/c1-11-13(9-22)14(10-23)16(11)21-8-7-15(20-18(21)25)19-17(24)12-5-3-2-4-6-12/h2-8,13-14,16,22-23H,1,9-10H2,(H,19,20,24,25)/t13-,14+,16+/m0/s1. The van der Waals surface area contributed by atoms with Gasteiger partial charge in [0.25, 0.3) is 5.91 Å². The number of hydrogen-bond acceptors (Lipinski definition) is 5. The zero-order chi connectivity index (χ0) is 18.0. The van der Waals surface area contributed by atoms with Crippen LogP contribution in [0.25, 0.3) is 0 Å². The lowest BCUT2D eigenvalue weighted by atomic mass is 9.66. The summed E-state index contributed by atoms with van der Waals surface area (Å²) in [5.41, 5.74) is 0.602. The molecule has 1 fully saturated rings. The highest BCUT2D eigenvalue weighted by molar-refractivity contribution is 6.03. The first-order valence-electron chi connectivity index (χ1n) is 7.92. The Morgan fingerprint density at radius 3 is 2.52 bits per heavy atom. The van der Waals surface area contributed by atoms with Gasteiger partial charge < -0.3 is 15.5 Å². The number of nitrogens with zero attached hydrogens (tertiary/aromatic N) is 2.